The summed E-state index contributed by atoms with van der Waals surface area (Å²) in [7, 11) is -3.89. The van der Waals surface area contributed by atoms with E-state index in [4.69, 9.17) is 23.2 Å². The molecule has 2 aromatic rings. The van der Waals surface area contributed by atoms with E-state index in [0.29, 0.717) is 4.60 Å². The van der Waals surface area contributed by atoms with Crippen molar-refractivity contribution in [3.8, 4) is 0 Å². The average Bonchev–Trinajstić information content (AvgIpc) is 2.27. The van der Waals surface area contributed by atoms with Crippen molar-refractivity contribution in [1.29, 1.82) is 0 Å². The first-order chi connectivity index (χ1) is 8.90. The Morgan fingerprint density at radius 1 is 1.05 bits per heavy atom. The monoisotopic (exact) mass is 380 g/mol. The standard InChI is InChI=1S/C11H7BrCl2N2O2S/c12-9-5-2-6-10(15-9)16-19(17,18)11-7(13)3-1-4-8(11)14/h1-6H,(H,15,16). The summed E-state index contributed by atoms with van der Waals surface area (Å²) in [6, 6.07) is 9.34. The Morgan fingerprint density at radius 3 is 2.21 bits per heavy atom. The fourth-order valence-electron chi connectivity index (χ4n) is 1.39. The second kappa shape index (κ2) is 5.66. The summed E-state index contributed by atoms with van der Waals surface area (Å²) in [5.74, 6) is 0.172. The van der Waals surface area contributed by atoms with E-state index in [1.54, 1.807) is 18.2 Å². The number of halogens is 3. The molecule has 0 aliphatic heterocycles. The summed E-state index contributed by atoms with van der Waals surface area (Å²) in [6.45, 7) is 0. The maximum Gasteiger partial charge on any atom is 0.266 e. The highest BCUT2D eigenvalue weighted by Gasteiger charge is 2.22. The normalized spacial score (nSPS) is 11.3. The Labute approximate surface area is 128 Å². The highest BCUT2D eigenvalue weighted by Crippen LogP contribution is 2.30. The summed E-state index contributed by atoms with van der Waals surface area (Å²) in [4.78, 5) is 3.82. The molecule has 19 heavy (non-hydrogen) atoms. The zero-order valence-electron chi connectivity index (χ0n) is 9.27. The fourth-order valence-corrected chi connectivity index (χ4v) is 3.88. The molecule has 0 amide bonds. The fraction of sp³-hybridized carbons (Fsp3) is 0. The molecule has 0 saturated heterocycles. The van der Waals surface area contributed by atoms with Crippen LogP contribution in [0, 0.1) is 0 Å². The molecule has 0 atom stereocenters. The first kappa shape index (κ1) is 14.6. The summed E-state index contributed by atoms with van der Waals surface area (Å²) in [5.41, 5.74) is 0. The highest BCUT2D eigenvalue weighted by molar-refractivity contribution is 9.10. The number of sulfonamides is 1. The molecule has 2 rings (SSSR count). The van der Waals surface area contributed by atoms with E-state index in [1.807, 2.05) is 0 Å². The lowest BCUT2D eigenvalue weighted by molar-refractivity contribution is 0.601. The number of rotatable bonds is 3. The van der Waals surface area contributed by atoms with Crippen molar-refractivity contribution in [2.75, 3.05) is 4.72 Å². The molecule has 0 saturated carbocycles. The Kier molecular flexibility index (Phi) is 4.35. The smallest absolute Gasteiger partial charge is 0.263 e. The van der Waals surface area contributed by atoms with E-state index in [9.17, 15) is 8.42 Å². The molecule has 1 aromatic carbocycles. The van der Waals surface area contributed by atoms with Crippen LogP contribution in [0.2, 0.25) is 10.0 Å². The third-order valence-corrected chi connectivity index (χ3v) is 4.89. The molecule has 0 fully saturated rings. The Morgan fingerprint density at radius 2 is 1.63 bits per heavy atom. The minimum absolute atomic E-state index is 0.0509. The predicted molar refractivity (Wildman–Crippen MR) is 79.2 cm³/mol. The van der Waals surface area contributed by atoms with Crippen molar-refractivity contribution >= 4 is 55.0 Å². The van der Waals surface area contributed by atoms with Crippen molar-refractivity contribution in [3.05, 3.63) is 51.0 Å². The number of pyridine rings is 1. The zero-order valence-corrected chi connectivity index (χ0v) is 13.2. The molecule has 8 heteroatoms. The first-order valence-electron chi connectivity index (χ1n) is 4.99. The van der Waals surface area contributed by atoms with E-state index < -0.39 is 10.0 Å². The van der Waals surface area contributed by atoms with E-state index in [0.717, 1.165) is 0 Å². The molecule has 0 spiro atoms. The van der Waals surface area contributed by atoms with Gasteiger partial charge in [0.15, 0.2) is 0 Å². The molecule has 1 N–H and O–H groups in total. The van der Waals surface area contributed by atoms with Crippen LogP contribution in [0.5, 0.6) is 0 Å². The summed E-state index contributed by atoms with van der Waals surface area (Å²) < 4.78 is 27.3. The van der Waals surface area contributed by atoms with E-state index in [2.05, 4.69) is 25.6 Å². The largest absolute Gasteiger partial charge is 0.266 e. The lowest BCUT2D eigenvalue weighted by atomic mass is 10.4. The minimum Gasteiger partial charge on any atom is -0.263 e. The van der Waals surface area contributed by atoms with E-state index in [-0.39, 0.29) is 20.8 Å². The van der Waals surface area contributed by atoms with Gasteiger partial charge < -0.3 is 0 Å². The molecule has 0 bridgehead atoms. The van der Waals surface area contributed by atoms with Gasteiger partial charge in [-0.2, -0.15) is 0 Å². The van der Waals surface area contributed by atoms with Crippen LogP contribution in [0.25, 0.3) is 0 Å². The lowest BCUT2D eigenvalue weighted by Crippen LogP contribution is -2.15. The number of anilines is 1. The van der Waals surface area contributed by atoms with Crippen molar-refractivity contribution in [2.45, 2.75) is 4.90 Å². The molecular formula is C11H7BrCl2N2O2S. The Bertz CT molecular complexity index is 702. The van der Waals surface area contributed by atoms with Crippen LogP contribution in [0.15, 0.2) is 45.9 Å². The van der Waals surface area contributed by atoms with Gasteiger partial charge in [0.25, 0.3) is 10.0 Å². The van der Waals surface area contributed by atoms with E-state index >= 15 is 0 Å². The number of aromatic nitrogens is 1. The number of nitrogens with zero attached hydrogens (tertiary/aromatic N) is 1. The van der Waals surface area contributed by atoms with Gasteiger partial charge in [0, 0.05) is 0 Å². The van der Waals surface area contributed by atoms with Gasteiger partial charge >= 0.3 is 0 Å². The van der Waals surface area contributed by atoms with Gasteiger partial charge in [0.2, 0.25) is 0 Å². The van der Waals surface area contributed by atoms with Crippen LogP contribution in [0.3, 0.4) is 0 Å². The second-order valence-electron chi connectivity index (χ2n) is 3.50. The number of hydrogen-bond acceptors (Lipinski definition) is 3. The third kappa shape index (κ3) is 3.39. The van der Waals surface area contributed by atoms with Crippen LogP contribution in [0.1, 0.15) is 0 Å². The molecule has 1 heterocycles. The van der Waals surface area contributed by atoms with Crippen molar-refractivity contribution in [2.24, 2.45) is 0 Å². The predicted octanol–water partition coefficient (Wildman–Crippen LogP) is 3.95. The number of nitrogens with one attached hydrogen (secondary N) is 1. The van der Waals surface area contributed by atoms with Gasteiger partial charge in [-0.25, -0.2) is 13.4 Å². The van der Waals surface area contributed by atoms with Gasteiger partial charge in [-0.3, -0.25) is 4.72 Å². The van der Waals surface area contributed by atoms with Crippen molar-refractivity contribution in [3.63, 3.8) is 0 Å². The summed E-state index contributed by atoms with van der Waals surface area (Å²) in [6.07, 6.45) is 0. The van der Waals surface area contributed by atoms with Crippen LogP contribution < -0.4 is 4.72 Å². The molecular weight excluding hydrogens is 375 g/mol. The zero-order chi connectivity index (χ0) is 14.0. The van der Waals surface area contributed by atoms with Gasteiger partial charge in [-0.15, -0.1) is 0 Å². The number of hydrogen-bond donors (Lipinski definition) is 1. The van der Waals surface area contributed by atoms with Crippen LogP contribution in [-0.4, -0.2) is 13.4 Å². The molecule has 100 valence electrons. The Balaban J connectivity index is 2.44. The molecule has 0 aliphatic carbocycles. The SMILES string of the molecule is O=S(=O)(Nc1cccc(Br)n1)c1c(Cl)cccc1Cl. The van der Waals surface area contributed by atoms with Gasteiger partial charge in [0.1, 0.15) is 15.3 Å². The lowest BCUT2D eigenvalue weighted by Gasteiger charge is -2.10. The third-order valence-electron chi connectivity index (χ3n) is 2.14. The van der Waals surface area contributed by atoms with Crippen LogP contribution in [-0.2, 0) is 10.0 Å². The maximum atomic E-state index is 12.2. The van der Waals surface area contributed by atoms with Crippen LogP contribution >= 0.6 is 39.1 Å². The topological polar surface area (TPSA) is 59.1 Å². The second-order valence-corrected chi connectivity index (χ2v) is 6.75. The summed E-state index contributed by atoms with van der Waals surface area (Å²) >= 11 is 14.9. The van der Waals surface area contributed by atoms with Crippen LogP contribution in [0.4, 0.5) is 5.82 Å². The van der Waals surface area contributed by atoms with Gasteiger partial charge in [-0.05, 0) is 40.2 Å². The average molecular weight is 382 g/mol. The highest BCUT2D eigenvalue weighted by atomic mass is 79.9. The van der Waals surface area contributed by atoms with Gasteiger partial charge in [0.05, 0.1) is 10.0 Å². The van der Waals surface area contributed by atoms with Crippen molar-refractivity contribution < 1.29 is 8.42 Å². The van der Waals surface area contributed by atoms with Gasteiger partial charge in [-0.1, -0.05) is 35.3 Å². The quantitative estimate of drug-likeness (QED) is 0.818. The Hall–Kier alpha value is -0.820. The number of benzene rings is 1. The maximum absolute atomic E-state index is 12.2. The molecule has 1 aromatic heterocycles. The first-order valence-corrected chi connectivity index (χ1v) is 8.03. The molecule has 4 nitrogen and oxygen atoms in total. The van der Waals surface area contributed by atoms with E-state index in [1.165, 1.54) is 18.2 Å². The van der Waals surface area contributed by atoms with Crippen molar-refractivity contribution in [1.82, 2.24) is 4.98 Å². The summed E-state index contributed by atoms with van der Waals surface area (Å²) in [5, 5.41) is 0.102. The molecule has 0 radical (unpaired) electrons. The molecule has 0 aliphatic rings. The minimum atomic E-state index is -3.89. The molecule has 0 unspecified atom stereocenters.